The molecule has 1 fully saturated rings. The van der Waals surface area contributed by atoms with Crippen LogP contribution >= 0.6 is 11.6 Å². The van der Waals surface area contributed by atoms with E-state index in [0.717, 1.165) is 11.4 Å². The minimum absolute atomic E-state index is 0.00446. The Morgan fingerprint density at radius 1 is 1.33 bits per heavy atom. The highest BCUT2D eigenvalue weighted by molar-refractivity contribution is 6.30. The number of hydrogen-bond acceptors (Lipinski definition) is 3. The first-order chi connectivity index (χ1) is 11.5. The van der Waals surface area contributed by atoms with Gasteiger partial charge in [-0.3, -0.25) is 9.59 Å². The second-order valence-electron chi connectivity index (χ2n) is 6.06. The molecule has 0 radical (unpaired) electrons. The Morgan fingerprint density at radius 3 is 2.58 bits per heavy atom. The van der Waals surface area contributed by atoms with Gasteiger partial charge in [0, 0.05) is 44.5 Å². The summed E-state index contributed by atoms with van der Waals surface area (Å²) in [6, 6.07) is 6.91. The van der Waals surface area contributed by atoms with Gasteiger partial charge in [-0.2, -0.15) is 0 Å². The zero-order valence-electron chi connectivity index (χ0n) is 13.6. The first kappa shape index (κ1) is 16.5. The Morgan fingerprint density at radius 2 is 2.04 bits per heavy atom. The zero-order valence-corrected chi connectivity index (χ0v) is 14.3. The number of imidazole rings is 1. The number of benzene rings is 1. The van der Waals surface area contributed by atoms with Gasteiger partial charge in [-0.25, -0.2) is 4.98 Å². The normalized spacial score (nSPS) is 18.7. The maximum Gasteiger partial charge on any atom is 0.226 e. The number of carbonyl (C=O) groups excluding carboxylic acids is 2. The van der Waals surface area contributed by atoms with Crippen LogP contribution < -0.4 is 5.32 Å². The van der Waals surface area contributed by atoms with Crippen LogP contribution in [0.2, 0.25) is 5.02 Å². The van der Waals surface area contributed by atoms with E-state index in [9.17, 15) is 9.59 Å². The molecule has 0 bridgehead atoms. The molecule has 1 aliphatic heterocycles. The predicted octanol–water partition coefficient (Wildman–Crippen LogP) is 1.76. The van der Waals surface area contributed by atoms with Gasteiger partial charge in [0.05, 0.1) is 5.92 Å². The van der Waals surface area contributed by atoms with Gasteiger partial charge in [-0.15, -0.1) is 0 Å². The van der Waals surface area contributed by atoms with Gasteiger partial charge in [-0.05, 0) is 17.7 Å². The molecule has 2 atom stereocenters. The highest BCUT2D eigenvalue weighted by Gasteiger charge is 2.34. The lowest BCUT2D eigenvalue weighted by atomic mass is 10.0. The Balaban J connectivity index is 1.85. The van der Waals surface area contributed by atoms with E-state index < -0.39 is 6.04 Å². The van der Waals surface area contributed by atoms with Gasteiger partial charge in [0.2, 0.25) is 11.8 Å². The highest BCUT2D eigenvalue weighted by Crippen LogP contribution is 2.24. The van der Waals surface area contributed by atoms with Crippen molar-refractivity contribution < 1.29 is 9.59 Å². The van der Waals surface area contributed by atoms with E-state index in [1.54, 1.807) is 30.3 Å². The maximum atomic E-state index is 12.6. The van der Waals surface area contributed by atoms with Crippen molar-refractivity contribution in [3.8, 4) is 0 Å². The van der Waals surface area contributed by atoms with E-state index >= 15 is 0 Å². The number of rotatable bonds is 4. The molecule has 2 amide bonds. The molecule has 6 nitrogen and oxygen atoms in total. The molecule has 24 heavy (non-hydrogen) atoms. The lowest BCUT2D eigenvalue weighted by molar-refractivity contribution is -0.128. The largest absolute Gasteiger partial charge is 0.345 e. The zero-order chi connectivity index (χ0) is 17.3. The summed E-state index contributed by atoms with van der Waals surface area (Å²) in [6.07, 6.45) is 3.77. The molecule has 126 valence electrons. The maximum absolute atomic E-state index is 12.6. The number of likely N-dealkylation sites (tertiary alicyclic amines) is 1. The third kappa shape index (κ3) is 3.28. The van der Waals surface area contributed by atoms with Gasteiger partial charge >= 0.3 is 0 Å². The second-order valence-corrected chi connectivity index (χ2v) is 6.50. The number of amides is 2. The second kappa shape index (κ2) is 6.65. The van der Waals surface area contributed by atoms with E-state index in [-0.39, 0.29) is 24.2 Å². The number of hydrogen-bond donors (Lipinski definition) is 1. The number of carbonyl (C=O) groups is 2. The van der Waals surface area contributed by atoms with Crippen LogP contribution in [-0.4, -0.2) is 39.9 Å². The minimum atomic E-state index is -0.393. The highest BCUT2D eigenvalue weighted by atomic mass is 35.5. The summed E-state index contributed by atoms with van der Waals surface area (Å²) in [7, 11) is 3.59. The van der Waals surface area contributed by atoms with Gasteiger partial charge < -0.3 is 14.8 Å². The average molecular weight is 347 g/mol. The molecule has 0 unspecified atom stereocenters. The monoisotopic (exact) mass is 346 g/mol. The lowest BCUT2D eigenvalue weighted by Crippen LogP contribution is -2.36. The summed E-state index contributed by atoms with van der Waals surface area (Å²) < 4.78 is 1.87. The van der Waals surface area contributed by atoms with Crippen LogP contribution in [0.5, 0.6) is 0 Å². The van der Waals surface area contributed by atoms with Crippen LogP contribution in [-0.2, 0) is 16.6 Å². The summed E-state index contributed by atoms with van der Waals surface area (Å²) in [6.45, 7) is 0.443. The van der Waals surface area contributed by atoms with E-state index in [1.165, 1.54) is 0 Å². The minimum Gasteiger partial charge on any atom is -0.345 e. The molecule has 1 aliphatic rings. The van der Waals surface area contributed by atoms with Crippen molar-refractivity contribution in [2.45, 2.75) is 12.5 Å². The van der Waals surface area contributed by atoms with Gasteiger partial charge in [-0.1, -0.05) is 23.7 Å². The smallest absolute Gasteiger partial charge is 0.226 e. The average Bonchev–Trinajstić information content (AvgIpc) is 3.12. The third-order valence-corrected chi connectivity index (χ3v) is 4.57. The summed E-state index contributed by atoms with van der Waals surface area (Å²) in [5, 5.41) is 3.67. The topological polar surface area (TPSA) is 67.2 Å². The van der Waals surface area contributed by atoms with Crippen molar-refractivity contribution in [1.29, 1.82) is 0 Å². The van der Waals surface area contributed by atoms with Crippen LogP contribution in [0.4, 0.5) is 0 Å². The third-order valence-electron chi connectivity index (χ3n) is 4.32. The van der Waals surface area contributed by atoms with Crippen LogP contribution in [0.1, 0.15) is 23.9 Å². The summed E-state index contributed by atoms with van der Waals surface area (Å²) in [5.41, 5.74) is 0.889. The summed E-state index contributed by atoms with van der Waals surface area (Å²) >= 11 is 5.96. The van der Waals surface area contributed by atoms with Crippen LogP contribution in [0.15, 0.2) is 36.7 Å². The first-order valence-electron chi connectivity index (χ1n) is 7.72. The van der Waals surface area contributed by atoms with Crippen molar-refractivity contribution in [2.24, 2.45) is 13.0 Å². The Bertz CT molecular complexity index is 756. The van der Waals surface area contributed by atoms with Crippen molar-refractivity contribution in [3.05, 3.63) is 53.1 Å². The van der Waals surface area contributed by atoms with Crippen molar-refractivity contribution in [2.75, 3.05) is 13.6 Å². The van der Waals surface area contributed by atoms with E-state index in [4.69, 9.17) is 11.6 Å². The fraction of sp³-hybridized carbons (Fsp3) is 0.353. The van der Waals surface area contributed by atoms with Gasteiger partial charge in [0.1, 0.15) is 11.9 Å². The lowest BCUT2D eigenvalue weighted by Gasteiger charge is -2.21. The Labute approximate surface area is 145 Å². The van der Waals surface area contributed by atoms with Crippen molar-refractivity contribution in [1.82, 2.24) is 19.8 Å². The van der Waals surface area contributed by atoms with E-state index in [2.05, 4.69) is 10.3 Å². The summed E-state index contributed by atoms with van der Waals surface area (Å²) in [5.74, 6) is 0.242. The molecule has 7 heteroatoms. The number of aryl methyl sites for hydroxylation is 1. The van der Waals surface area contributed by atoms with Crippen LogP contribution in [0.3, 0.4) is 0 Å². The molecular weight excluding hydrogens is 328 g/mol. The molecule has 0 saturated carbocycles. The first-order valence-corrected chi connectivity index (χ1v) is 8.10. The molecule has 0 spiro atoms. The van der Waals surface area contributed by atoms with E-state index in [0.29, 0.717) is 11.6 Å². The van der Waals surface area contributed by atoms with Gasteiger partial charge in [0.15, 0.2) is 0 Å². The Kier molecular flexibility index (Phi) is 4.57. The summed E-state index contributed by atoms with van der Waals surface area (Å²) in [4.78, 5) is 30.3. The molecule has 1 aromatic heterocycles. The molecule has 1 N–H and O–H groups in total. The molecule has 2 heterocycles. The molecule has 3 rings (SSSR count). The Hall–Kier alpha value is -2.34. The number of nitrogens with zero attached hydrogens (tertiary/aromatic N) is 3. The van der Waals surface area contributed by atoms with Crippen LogP contribution in [0, 0.1) is 5.92 Å². The number of halogens is 1. The molecule has 1 saturated heterocycles. The molecule has 1 aromatic carbocycles. The van der Waals surface area contributed by atoms with Crippen molar-refractivity contribution in [3.63, 3.8) is 0 Å². The quantitative estimate of drug-likeness (QED) is 0.917. The molecular formula is C17H19ClN4O2. The molecule has 0 aliphatic carbocycles. The fourth-order valence-electron chi connectivity index (χ4n) is 2.91. The number of nitrogens with one attached hydrogen (secondary N) is 1. The molecule has 2 aromatic rings. The standard InChI is InChI=1S/C17H19ClN4O2/c1-21-8-7-19-16(21)15(11-3-5-13(18)6-4-11)20-17(24)12-9-14(23)22(2)10-12/h3-8,12,15H,9-10H2,1-2H3,(H,20,24)/t12-,15-/m0/s1. The van der Waals surface area contributed by atoms with E-state index in [1.807, 2.05) is 29.9 Å². The van der Waals surface area contributed by atoms with Crippen LogP contribution in [0.25, 0.3) is 0 Å². The SMILES string of the molecule is CN1C[C@@H](C(=O)N[C@@H](c2ccc(Cl)cc2)c2nccn2C)CC1=O. The van der Waals surface area contributed by atoms with Gasteiger partial charge in [0.25, 0.3) is 0 Å². The predicted molar refractivity (Wildman–Crippen MR) is 90.4 cm³/mol. The fourth-order valence-corrected chi connectivity index (χ4v) is 3.03. The van der Waals surface area contributed by atoms with Crippen molar-refractivity contribution >= 4 is 23.4 Å². The number of aromatic nitrogens is 2.